The number of alkyl halides is 3. The summed E-state index contributed by atoms with van der Waals surface area (Å²) in [5.74, 6) is -3.48. The fraction of sp³-hybridized carbons (Fsp3) is 0.300. The number of hydrogen-bond donors (Lipinski definition) is 1. The van der Waals surface area contributed by atoms with Gasteiger partial charge in [-0.2, -0.15) is 13.2 Å². The Bertz CT molecular complexity index is 1030. The van der Waals surface area contributed by atoms with Gasteiger partial charge >= 0.3 is 18.2 Å². The Morgan fingerprint density at radius 1 is 1.16 bits per heavy atom. The lowest BCUT2D eigenvalue weighted by Crippen LogP contribution is -2.50. The van der Waals surface area contributed by atoms with Crippen LogP contribution in [0.3, 0.4) is 0 Å². The van der Waals surface area contributed by atoms with Crippen molar-refractivity contribution in [1.29, 1.82) is 0 Å². The van der Waals surface area contributed by atoms with Gasteiger partial charge in [0.25, 0.3) is 5.91 Å². The predicted molar refractivity (Wildman–Crippen MR) is 106 cm³/mol. The van der Waals surface area contributed by atoms with E-state index in [2.05, 4.69) is 9.82 Å². The van der Waals surface area contributed by atoms with Crippen molar-refractivity contribution in [2.45, 2.75) is 36.4 Å². The molecule has 1 saturated heterocycles. The number of rotatable bonds is 5. The first kappa shape index (κ1) is 22.6. The van der Waals surface area contributed by atoms with Crippen LogP contribution in [0.15, 0.2) is 47.5 Å². The summed E-state index contributed by atoms with van der Waals surface area (Å²) in [6.45, 7) is 3.11. The second kappa shape index (κ2) is 8.22. The number of thioether (sulfide) groups is 1. The second-order valence-electron chi connectivity index (χ2n) is 7.28. The zero-order valence-electron chi connectivity index (χ0n) is 16.7. The van der Waals surface area contributed by atoms with E-state index in [-0.39, 0.29) is 5.06 Å². The summed E-state index contributed by atoms with van der Waals surface area (Å²) in [5.41, 5.74) is 0.651. The molecule has 2 heterocycles. The highest BCUT2D eigenvalue weighted by Gasteiger charge is 2.53. The lowest BCUT2D eigenvalue weighted by molar-refractivity contribution is -0.232. The molecular weight excluding hydrogens is 435 g/mol. The van der Waals surface area contributed by atoms with Crippen molar-refractivity contribution >= 4 is 29.7 Å². The van der Waals surface area contributed by atoms with Gasteiger partial charge in [-0.25, -0.2) is 9.59 Å². The van der Waals surface area contributed by atoms with E-state index in [1.807, 2.05) is 35.8 Å². The fourth-order valence-electron chi connectivity index (χ4n) is 3.22. The Morgan fingerprint density at radius 2 is 1.81 bits per heavy atom. The van der Waals surface area contributed by atoms with Crippen LogP contribution < -0.4 is 5.32 Å². The average molecular weight is 453 g/mol. The maximum absolute atomic E-state index is 12.6. The van der Waals surface area contributed by atoms with Gasteiger partial charge in [-0.05, 0) is 36.1 Å². The molecule has 0 saturated carbocycles. The number of hydrogen-bond acceptors (Lipinski definition) is 6. The quantitative estimate of drug-likeness (QED) is 0.549. The highest BCUT2D eigenvalue weighted by molar-refractivity contribution is 7.98. The van der Waals surface area contributed by atoms with E-state index in [4.69, 9.17) is 0 Å². The van der Waals surface area contributed by atoms with Gasteiger partial charge in [0.2, 0.25) is 0 Å². The monoisotopic (exact) mass is 453 g/mol. The standard InChI is InChI=1S/C20H18F3N3O4S/c1-19(2,15-16(27)25-18(29)26(15)30-17(28)20(21,22)23)12-8-9-24-14(10-12)11-4-6-13(31-3)7-5-11/h4-10,15H,1-3H3,(H,25,27,29). The number of nitrogens with zero attached hydrogens (tertiary/aromatic N) is 2. The molecule has 1 unspecified atom stereocenters. The Morgan fingerprint density at radius 3 is 2.39 bits per heavy atom. The Balaban J connectivity index is 1.96. The molecule has 1 fully saturated rings. The first-order valence-corrected chi connectivity index (χ1v) is 10.2. The van der Waals surface area contributed by atoms with E-state index in [1.54, 1.807) is 37.7 Å². The molecule has 1 aliphatic heterocycles. The minimum absolute atomic E-state index is 0.144. The van der Waals surface area contributed by atoms with Crippen molar-refractivity contribution in [2.75, 3.05) is 6.26 Å². The zero-order chi connectivity index (χ0) is 23.0. The van der Waals surface area contributed by atoms with Gasteiger partial charge in [-0.1, -0.05) is 26.0 Å². The molecule has 1 N–H and O–H groups in total. The normalized spacial score (nSPS) is 17.0. The summed E-state index contributed by atoms with van der Waals surface area (Å²) < 4.78 is 37.9. The molecule has 7 nitrogen and oxygen atoms in total. The first-order chi connectivity index (χ1) is 14.4. The number of nitrogens with one attached hydrogen (secondary N) is 1. The van der Waals surface area contributed by atoms with Crippen molar-refractivity contribution in [3.63, 3.8) is 0 Å². The molecular formula is C20H18F3N3O4S. The number of carbonyl (C=O) groups excluding carboxylic acids is 3. The summed E-state index contributed by atoms with van der Waals surface area (Å²) in [4.78, 5) is 45.3. The number of urea groups is 1. The van der Waals surface area contributed by atoms with Gasteiger partial charge in [0.05, 0.1) is 5.69 Å². The van der Waals surface area contributed by atoms with Gasteiger partial charge < -0.3 is 4.84 Å². The Labute approximate surface area is 179 Å². The predicted octanol–water partition coefficient (Wildman–Crippen LogP) is 3.69. The number of pyridine rings is 1. The summed E-state index contributed by atoms with van der Waals surface area (Å²) >= 11 is 1.58. The zero-order valence-corrected chi connectivity index (χ0v) is 17.5. The Kier molecular flexibility index (Phi) is 5.99. The SMILES string of the molecule is CSc1ccc(-c2cc(C(C)(C)C3C(=O)NC(=O)N3OC(=O)C(F)(F)F)ccn2)cc1. The van der Waals surface area contributed by atoms with Crippen LogP contribution in [0.4, 0.5) is 18.0 Å². The van der Waals surface area contributed by atoms with E-state index < -0.39 is 35.5 Å². The van der Waals surface area contributed by atoms with E-state index in [0.717, 1.165) is 10.5 Å². The van der Waals surface area contributed by atoms with Gasteiger partial charge in [0.1, 0.15) is 0 Å². The van der Waals surface area contributed by atoms with Crippen molar-refractivity contribution in [3.8, 4) is 11.3 Å². The van der Waals surface area contributed by atoms with Gasteiger partial charge in [0.15, 0.2) is 6.04 Å². The molecule has 0 radical (unpaired) electrons. The Hall–Kier alpha value is -3.08. The third-order valence-corrected chi connectivity index (χ3v) is 5.64. The molecule has 1 aliphatic rings. The first-order valence-electron chi connectivity index (χ1n) is 8.99. The highest BCUT2D eigenvalue weighted by atomic mass is 32.2. The number of carbonyl (C=O) groups is 3. The van der Waals surface area contributed by atoms with Gasteiger partial charge in [-0.15, -0.1) is 16.8 Å². The molecule has 2 aromatic rings. The van der Waals surface area contributed by atoms with E-state index in [0.29, 0.717) is 11.3 Å². The molecule has 1 aromatic carbocycles. The van der Waals surface area contributed by atoms with Crippen LogP contribution in [0, 0.1) is 0 Å². The van der Waals surface area contributed by atoms with Crippen molar-refractivity contribution in [2.24, 2.45) is 0 Å². The molecule has 3 rings (SSSR count). The van der Waals surface area contributed by atoms with Gasteiger partial charge in [-0.3, -0.25) is 15.1 Å². The number of benzene rings is 1. The van der Waals surface area contributed by atoms with E-state index in [9.17, 15) is 27.6 Å². The smallest absolute Gasteiger partial charge is 0.327 e. The molecule has 31 heavy (non-hydrogen) atoms. The topological polar surface area (TPSA) is 88.6 Å². The van der Waals surface area contributed by atoms with Crippen LogP contribution in [-0.4, -0.2) is 46.4 Å². The molecule has 0 aliphatic carbocycles. The number of imide groups is 1. The highest BCUT2D eigenvalue weighted by Crippen LogP contribution is 2.35. The van der Waals surface area contributed by atoms with Crippen LogP contribution >= 0.6 is 11.8 Å². The third-order valence-electron chi connectivity index (χ3n) is 4.90. The van der Waals surface area contributed by atoms with Crippen LogP contribution in [0.2, 0.25) is 0 Å². The molecule has 11 heteroatoms. The largest absolute Gasteiger partial charge is 0.493 e. The lowest BCUT2D eigenvalue weighted by atomic mass is 9.77. The maximum Gasteiger partial charge on any atom is 0.493 e. The summed E-state index contributed by atoms with van der Waals surface area (Å²) in [6.07, 6.45) is -1.88. The van der Waals surface area contributed by atoms with Crippen molar-refractivity contribution in [3.05, 3.63) is 48.2 Å². The summed E-state index contributed by atoms with van der Waals surface area (Å²) in [5, 5.41) is 2.04. The molecule has 1 atom stereocenters. The molecule has 164 valence electrons. The fourth-order valence-corrected chi connectivity index (χ4v) is 3.63. The van der Waals surface area contributed by atoms with Crippen LogP contribution in [0.5, 0.6) is 0 Å². The average Bonchev–Trinajstić information content (AvgIpc) is 3.01. The van der Waals surface area contributed by atoms with Crippen LogP contribution in [-0.2, 0) is 19.8 Å². The molecule has 0 spiro atoms. The second-order valence-corrected chi connectivity index (χ2v) is 8.16. The summed E-state index contributed by atoms with van der Waals surface area (Å²) in [6, 6.07) is 8.07. The van der Waals surface area contributed by atoms with E-state index in [1.165, 1.54) is 6.20 Å². The molecule has 1 aromatic heterocycles. The van der Waals surface area contributed by atoms with Gasteiger partial charge in [0, 0.05) is 22.1 Å². The summed E-state index contributed by atoms with van der Waals surface area (Å²) in [7, 11) is 0. The van der Waals surface area contributed by atoms with E-state index >= 15 is 0 Å². The van der Waals surface area contributed by atoms with Crippen molar-refractivity contribution in [1.82, 2.24) is 15.4 Å². The lowest BCUT2D eigenvalue weighted by Gasteiger charge is -2.34. The van der Waals surface area contributed by atoms with Crippen LogP contribution in [0.1, 0.15) is 19.4 Å². The number of aromatic nitrogens is 1. The molecule has 0 bridgehead atoms. The minimum Gasteiger partial charge on any atom is -0.327 e. The number of halogens is 3. The van der Waals surface area contributed by atoms with Crippen LogP contribution in [0.25, 0.3) is 11.3 Å². The maximum atomic E-state index is 12.6. The third kappa shape index (κ3) is 4.50. The number of amides is 3. The van der Waals surface area contributed by atoms with Crippen molar-refractivity contribution < 1.29 is 32.4 Å². The minimum atomic E-state index is -5.33. The number of hydroxylamine groups is 2. The molecule has 3 amide bonds.